The van der Waals surface area contributed by atoms with E-state index in [1.165, 1.54) is 13.1 Å². The predicted octanol–water partition coefficient (Wildman–Crippen LogP) is 0.829. The number of rotatable bonds is 6. The van der Waals surface area contributed by atoms with Crippen LogP contribution in [0.2, 0.25) is 0 Å². The zero-order valence-electron chi connectivity index (χ0n) is 12.2. The third kappa shape index (κ3) is 3.52. The van der Waals surface area contributed by atoms with Gasteiger partial charge < -0.3 is 20.5 Å². The van der Waals surface area contributed by atoms with Gasteiger partial charge in [-0.15, -0.1) is 0 Å². The van der Waals surface area contributed by atoms with E-state index in [0.717, 1.165) is 12.8 Å². The van der Waals surface area contributed by atoms with Gasteiger partial charge in [-0.05, 0) is 31.9 Å². The molecule has 1 fully saturated rings. The van der Waals surface area contributed by atoms with Gasteiger partial charge in [-0.2, -0.15) is 0 Å². The van der Waals surface area contributed by atoms with Gasteiger partial charge >= 0.3 is 0 Å². The van der Waals surface area contributed by atoms with Gasteiger partial charge in [0, 0.05) is 24.2 Å². The van der Waals surface area contributed by atoms with E-state index in [4.69, 9.17) is 4.74 Å². The van der Waals surface area contributed by atoms with Gasteiger partial charge in [-0.3, -0.25) is 9.59 Å². The van der Waals surface area contributed by atoms with Gasteiger partial charge in [0.15, 0.2) is 0 Å². The Labute approximate surface area is 123 Å². The highest BCUT2D eigenvalue weighted by molar-refractivity contribution is 6.02. The summed E-state index contributed by atoms with van der Waals surface area (Å²) in [5, 5.41) is 14.9. The Kier molecular flexibility index (Phi) is 4.80. The molecule has 6 heteroatoms. The zero-order valence-corrected chi connectivity index (χ0v) is 12.2. The molecule has 21 heavy (non-hydrogen) atoms. The molecule has 1 aliphatic carbocycles. The van der Waals surface area contributed by atoms with Crippen LogP contribution in [0.1, 0.15) is 46.0 Å². The second-order valence-corrected chi connectivity index (χ2v) is 4.93. The number of aliphatic hydroxyl groups excluding tert-OH is 1. The predicted molar refractivity (Wildman–Crippen MR) is 77.4 cm³/mol. The molecular weight excluding hydrogens is 272 g/mol. The molecule has 0 bridgehead atoms. The number of hydrogen-bond donors (Lipinski definition) is 3. The molecule has 0 heterocycles. The summed E-state index contributed by atoms with van der Waals surface area (Å²) in [4.78, 5) is 24.1. The van der Waals surface area contributed by atoms with E-state index in [0.29, 0.717) is 23.5 Å². The lowest BCUT2D eigenvalue weighted by Gasteiger charge is -2.15. The summed E-state index contributed by atoms with van der Waals surface area (Å²) in [6, 6.07) is 3.29. The van der Waals surface area contributed by atoms with E-state index < -0.39 is 0 Å². The molecular formula is C15H20N2O4. The lowest BCUT2D eigenvalue weighted by molar-refractivity contribution is 0.0951. The fourth-order valence-electron chi connectivity index (χ4n) is 2.05. The highest BCUT2D eigenvalue weighted by atomic mass is 16.5. The Morgan fingerprint density at radius 3 is 2.57 bits per heavy atom. The number of benzene rings is 1. The number of nitrogens with one attached hydrogen (secondary N) is 2. The first-order valence-corrected chi connectivity index (χ1v) is 7.04. The first-order valence-electron chi connectivity index (χ1n) is 7.04. The molecule has 2 rings (SSSR count). The molecule has 3 N–H and O–H groups in total. The Balaban J connectivity index is 2.42. The maximum Gasteiger partial charge on any atom is 0.254 e. The fourth-order valence-corrected chi connectivity index (χ4v) is 2.05. The summed E-state index contributed by atoms with van der Waals surface area (Å²) >= 11 is 0. The Hall–Kier alpha value is -2.08. The van der Waals surface area contributed by atoms with E-state index in [9.17, 15) is 14.7 Å². The molecule has 1 aliphatic rings. The minimum Gasteiger partial charge on any atom is -0.493 e. The summed E-state index contributed by atoms with van der Waals surface area (Å²) < 4.78 is 5.46. The molecule has 0 saturated heterocycles. The highest BCUT2D eigenvalue weighted by Gasteiger charge is 2.25. The molecule has 0 atom stereocenters. The summed E-state index contributed by atoms with van der Waals surface area (Å²) in [5.41, 5.74) is 1.04. The van der Waals surface area contributed by atoms with Crippen molar-refractivity contribution in [3.05, 3.63) is 28.8 Å². The van der Waals surface area contributed by atoms with Crippen molar-refractivity contribution in [2.45, 2.75) is 32.4 Å². The van der Waals surface area contributed by atoms with Gasteiger partial charge in [-0.1, -0.05) is 0 Å². The van der Waals surface area contributed by atoms with E-state index >= 15 is 0 Å². The van der Waals surface area contributed by atoms with E-state index in [1.807, 2.05) is 0 Å². The van der Waals surface area contributed by atoms with Crippen LogP contribution in [0.3, 0.4) is 0 Å². The summed E-state index contributed by atoms with van der Waals surface area (Å²) in [5.74, 6) is -0.267. The highest BCUT2D eigenvalue weighted by Crippen LogP contribution is 2.27. The van der Waals surface area contributed by atoms with Gasteiger partial charge in [0.25, 0.3) is 11.8 Å². The van der Waals surface area contributed by atoms with Gasteiger partial charge in [0.05, 0.1) is 18.8 Å². The number of hydrogen-bond acceptors (Lipinski definition) is 4. The standard InChI is InChI=1S/C15H20N2O4/c1-3-21-13-10(8-18)6-9(7-12(13)15(20)16-2)14(19)17-11-4-5-11/h6-7,11,18H,3-5,8H2,1-2H3,(H,16,20)(H,17,19). The number of aliphatic hydroxyl groups is 1. The van der Waals surface area contributed by atoms with Crippen molar-refractivity contribution in [2.24, 2.45) is 0 Å². The third-order valence-corrected chi connectivity index (χ3v) is 3.27. The first-order chi connectivity index (χ1) is 10.1. The second kappa shape index (κ2) is 6.58. The molecule has 114 valence electrons. The van der Waals surface area contributed by atoms with Crippen LogP contribution < -0.4 is 15.4 Å². The van der Waals surface area contributed by atoms with Crippen molar-refractivity contribution in [2.75, 3.05) is 13.7 Å². The monoisotopic (exact) mass is 292 g/mol. The summed E-state index contributed by atoms with van der Waals surface area (Å²) in [6.45, 7) is 1.86. The van der Waals surface area contributed by atoms with Crippen LogP contribution >= 0.6 is 0 Å². The van der Waals surface area contributed by atoms with Gasteiger partial charge in [0.2, 0.25) is 0 Å². The minimum absolute atomic E-state index is 0.227. The lowest BCUT2D eigenvalue weighted by atomic mass is 10.0. The number of carbonyl (C=O) groups excluding carboxylic acids is 2. The van der Waals surface area contributed by atoms with Crippen molar-refractivity contribution in [3.8, 4) is 5.75 Å². The second-order valence-electron chi connectivity index (χ2n) is 4.93. The fraction of sp³-hybridized carbons (Fsp3) is 0.467. The molecule has 1 aromatic rings. The van der Waals surface area contributed by atoms with Crippen LogP contribution in [0.5, 0.6) is 5.75 Å². The summed E-state index contributed by atoms with van der Waals surface area (Å²) in [6.07, 6.45) is 1.97. The molecule has 1 saturated carbocycles. The number of ether oxygens (including phenoxy) is 1. The van der Waals surface area contributed by atoms with E-state index in [1.54, 1.807) is 13.0 Å². The molecule has 0 aromatic heterocycles. The average Bonchev–Trinajstić information content (AvgIpc) is 3.30. The number of amides is 2. The minimum atomic E-state index is -0.353. The molecule has 0 spiro atoms. The van der Waals surface area contributed by atoms with E-state index in [-0.39, 0.29) is 30.0 Å². The van der Waals surface area contributed by atoms with Gasteiger partial charge in [-0.25, -0.2) is 0 Å². The van der Waals surface area contributed by atoms with Crippen molar-refractivity contribution in [1.82, 2.24) is 10.6 Å². The Bertz CT molecular complexity index is 553. The van der Waals surface area contributed by atoms with Gasteiger partial charge in [0.1, 0.15) is 5.75 Å². The van der Waals surface area contributed by atoms with Crippen LogP contribution in [-0.2, 0) is 6.61 Å². The molecule has 6 nitrogen and oxygen atoms in total. The van der Waals surface area contributed by atoms with Crippen molar-refractivity contribution < 1.29 is 19.4 Å². The lowest BCUT2D eigenvalue weighted by Crippen LogP contribution is -2.27. The molecule has 0 radical (unpaired) electrons. The molecule has 0 unspecified atom stereocenters. The first kappa shape index (κ1) is 15.3. The van der Waals surface area contributed by atoms with Crippen LogP contribution in [-0.4, -0.2) is 36.6 Å². The normalized spacial score (nSPS) is 13.7. The Morgan fingerprint density at radius 2 is 2.05 bits per heavy atom. The molecule has 0 aliphatic heterocycles. The van der Waals surface area contributed by atoms with Crippen LogP contribution in [0.15, 0.2) is 12.1 Å². The van der Waals surface area contributed by atoms with Crippen LogP contribution in [0.25, 0.3) is 0 Å². The number of carbonyl (C=O) groups is 2. The maximum absolute atomic E-state index is 12.1. The smallest absolute Gasteiger partial charge is 0.254 e. The van der Waals surface area contributed by atoms with Crippen LogP contribution in [0, 0.1) is 0 Å². The van der Waals surface area contributed by atoms with E-state index in [2.05, 4.69) is 10.6 Å². The molecule has 1 aromatic carbocycles. The zero-order chi connectivity index (χ0) is 15.4. The largest absolute Gasteiger partial charge is 0.493 e. The third-order valence-electron chi connectivity index (χ3n) is 3.27. The Morgan fingerprint density at radius 1 is 1.33 bits per heavy atom. The van der Waals surface area contributed by atoms with Crippen molar-refractivity contribution in [3.63, 3.8) is 0 Å². The maximum atomic E-state index is 12.1. The van der Waals surface area contributed by atoms with Crippen molar-refractivity contribution in [1.29, 1.82) is 0 Å². The van der Waals surface area contributed by atoms with Crippen LogP contribution in [0.4, 0.5) is 0 Å². The quantitative estimate of drug-likeness (QED) is 0.724. The van der Waals surface area contributed by atoms with Crippen molar-refractivity contribution >= 4 is 11.8 Å². The average molecular weight is 292 g/mol. The SMILES string of the molecule is CCOc1c(CO)cc(C(=O)NC2CC2)cc1C(=O)NC. The molecule has 2 amide bonds. The topological polar surface area (TPSA) is 87.7 Å². The summed E-state index contributed by atoms with van der Waals surface area (Å²) in [7, 11) is 1.51.